The van der Waals surface area contributed by atoms with Crippen LogP contribution in [-0.2, 0) is 16.6 Å². The fourth-order valence-electron chi connectivity index (χ4n) is 1.70. The SMILES string of the molecule is CC(C)NCc1cc(S(=O)(=O)Nc2ccsc2)ccc1F. The molecule has 4 nitrogen and oxygen atoms in total. The van der Waals surface area contributed by atoms with Gasteiger partial charge in [0.1, 0.15) is 5.82 Å². The fourth-order valence-corrected chi connectivity index (χ4v) is 3.47. The second kappa shape index (κ2) is 6.55. The molecule has 0 saturated heterocycles. The molecule has 114 valence electrons. The van der Waals surface area contributed by atoms with E-state index in [4.69, 9.17) is 0 Å². The highest BCUT2D eigenvalue weighted by Crippen LogP contribution is 2.20. The molecule has 21 heavy (non-hydrogen) atoms. The molecule has 0 amide bonds. The van der Waals surface area contributed by atoms with Crippen LogP contribution in [0.4, 0.5) is 10.1 Å². The predicted octanol–water partition coefficient (Wildman–Crippen LogP) is 3.19. The summed E-state index contributed by atoms with van der Waals surface area (Å²) in [5, 5.41) is 6.55. The Balaban J connectivity index is 2.25. The third-order valence-electron chi connectivity index (χ3n) is 2.80. The van der Waals surface area contributed by atoms with Crippen molar-refractivity contribution in [3.8, 4) is 0 Å². The molecular weight excluding hydrogens is 311 g/mol. The highest BCUT2D eigenvalue weighted by molar-refractivity contribution is 7.92. The van der Waals surface area contributed by atoms with Crippen molar-refractivity contribution < 1.29 is 12.8 Å². The normalized spacial score (nSPS) is 11.8. The Morgan fingerprint density at radius 1 is 1.29 bits per heavy atom. The standard InChI is InChI=1S/C14H17FN2O2S2/c1-10(2)16-8-11-7-13(3-4-14(11)15)21(18,19)17-12-5-6-20-9-12/h3-7,9-10,16-17H,8H2,1-2H3. The van der Waals surface area contributed by atoms with Crippen LogP contribution in [0.3, 0.4) is 0 Å². The van der Waals surface area contributed by atoms with E-state index in [1.807, 2.05) is 13.8 Å². The number of rotatable bonds is 6. The lowest BCUT2D eigenvalue weighted by Crippen LogP contribution is -2.23. The van der Waals surface area contributed by atoms with Gasteiger partial charge in [0.2, 0.25) is 0 Å². The van der Waals surface area contributed by atoms with Crippen LogP contribution in [0.25, 0.3) is 0 Å². The molecule has 1 heterocycles. The van der Waals surface area contributed by atoms with Gasteiger partial charge in [-0.1, -0.05) is 13.8 Å². The third-order valence-corrected chi connectivity index (χ3v) is 4.86. The summed E-state index contributed by atoms with van der Waals surface area (Å²) in [6, 6.07) is 5.67. The first kappa shape index (κ1) is 15.9. The maximum atomic E-state index is 13.7. The van der Waals surface area contributed by atoms with Gasteiger partial charge in [-0.2, -0.15) is 11.3 Å². The van der Waals surface area contributed by atoms with Crippen LogP contribution in [0.5, 0.6) is 0 Å². The topological polar surface area (TPSA) is 58.2 Å². The largest absolute Gasteiger partial charge is 0.310 e. The first-order valence-corrected chi connectivity index (χ1v) is 8.88. The molecule has 7 heteroatoms. The summed E-state index contributed by atoms with van der Waals surface area (Å²) >= 11 is 1.40. The Labute approximate surface area is 128 Å². The van der Waals surface area contributed by atoms with Gasteiger partial charge < -0.3 is 5.32 Å². The molecule has 2 aromatic rings. The Hall–Kier alpha value is -1.44. The van der Waals surface area contributed by atoms with E-state index in [2.05, 4.69) is 10.0 Å². The minimum Gasteiger partial charge on any atom is -0.310 e. The van der Waals surface area contributed by atoms with E-state index >= 15 is 0 Å². The molecule has 2 rings (SSSR count). The van der Waals surface area contributed by atoms with E-state index < -0.39 is 15.8 Å². The Bertz CT molecular complexity index is 698. The van der Waals surface area contributed by atoms with Crippen LogP contribution >= 0.6 is 11.3 Å². The molecule has 2 N–H and O–H groups in total. The third kappa shape index (κ3) is 4.26. The number of hydrogen-bond acceptors (Lipinski definition) is 4. The molecule has 0 aliphatic heterocycles. The van der Waals surface area contributed by atoms with E-state index in [1.165, 1.54) is 29.5 Å². The second-order valence-electron chi connectivity index (χ2n) is 4.91. The van der Waals surface area contributed by atoms with Gasteiger partial charge in [0.15, 0.2) is 0 Å². The molecule has 0 aliphatic carbocycles. The average Bonchev–Trinajstić information content (AvgIpc) is 2.89. The van der Waals surface area contributed by atoms with Gasteiger partial charge in [-0.05, 0) is 29.6 Å². The summed E-state index contributed by atoms with van der Waals surface area (Å²) in [6.07, 6.45) is 0. The summed E-state index contributed by atoms with van der Waals surface area (Å²) in [5.41, 5.74) is 0.836. The lowest BCUT2D eigenvalue weighted by Gasteiger charge is -2.11. The lowest BCUT2D eigenvalue weighted by atomic mass is 10.2. The number of halogens is 1. The molecule has 0 saturated carbocycles. The van der Waals surface area contributed by atoms with Gasteiger partial charge >= 0.3 is 0 Å². The van der Waals surface area contributed by atoms with E-state index in [9.17, 15) is 12.8 Å². The van der Waals surface area contributed by atoms with Crippen LogP contribution in [-0.4, -0.2) is 14.5 Å². The van der Waals surface area contributed by atoms with Gasteiger partial charge in [-0.3, -0.25) is 4.72 Å². The summed E-state index contributed by atoms with van der Waals surface area (Å²) in [4.78, 5) is 0.0515. The van der Waals surface area contributed by atoms with Crippen molar-refractivity contribution >= 4 is 27.0 Å². The van der Waals surface area contributed by atoms with Crippen molar-refractivity contribution in [1.82, 2.24) is 5.32 Å². The highest BCUT2D eigenvalue weighted by Gasteiger charge is 2.16. The summed E-state index contributed by atoms with van der Waals surface area (Å²) in [5.74, 6) is -0.419. The van der Waals surface area contributed by atoms with Crippen LogP contribution in [0.1, 0.15) is 19.4 Å². The van der Waals surface area contributed by atoms with Crippen molar-refractivity contribution in [3.05, 3.63) is 46.4 Å². The van der Waals surface area contributed by atoms with Crippen molar-refractivity contribution in [1.29, 1.82) is 0 Å². The van der Waals surface area contributed by atoms with Crippen molar-refractivity contribution in [2.24, 2.45) is 0 Å². The number of benzene rings is 1. The van der Waals surface area contributed by atoms with Gasteiger partial charge in [-0.15, -0.1) is 0 Å². The molecule has 0 radical (unpaired) electrons. The van der Waals surface area contributed by atoms with Crippen LogP contribution < -0.4 is 10.0 Å². The van der Waals surface area contributed by atoms with Gasteiger partial charge in [0.05, 0.1) is 10.6 Å². The van der Waals surface area contributed by atoms with Crippen LogP contribution in [0, 0.1) is 5.82 Å². The first-order chi connectivity index (χ1) is 9.88. The summed E-state index contributed by atoms with van der Waals surface area (Å²) < 4.78 is 40.7. The Morgan fingerprint density at radius 3 is 2.67 bits per heavy atom. The molecule has 0 fully saturated rings. The number of hydrogen-bond donors (Lipinski definition) is 2. The van der Waals surface area contributed by atoms with Gasteiger partial charge in [0.25, 0.3) is 10.0 Å². The fraction of sp³-hybridized carbons (Fsp3) is 0.286. The predicted molar refractivity (Wildman–Crippen MR) is 83.5 cm³/mol. The first-order valence-electron chi connectivity index (χ1n) is 6.45. The van der Waals surface area contributed by atoms with Crippen molar-refractivity contribution in [2.75, 3.05) is 4.72 Å². The van der Waals surface area contributed by atoms with Gasteiger partial charge in [-0.25, -0.2) is 12.8 Å². The summed E-state index contributed by atoms with van der Waals surface area (Å²) in [6.45, 7) is 4.17. The monoisotopic (exact) mass is 328 g/mol. The van der Waals surface area contributed by atoms with Crippen molar-refractivity contribution in [2.45, 2.75) is 31.3 Å². The lowest BCUT2D eigenvalue weighted by molar-refractivity contribution is 0.551. The maximum absolute atomic E-state index is 13.7. The molecular formula is C14H17FN2O2S2. The van der Waals surface area contributed by atoms with Crippen LogP contribution in [0.15, 0.2) is 39.9 Å². The van der Waals surface area contributed by atoms with E-state index in [1.54, 1.807) is 16.8 Å². The minimum absolute atomic E-state index is 0.0515. The van der Waals surface area contributed by atoms with Crippen molar-refractivity contribution in [3.63, 3.8) is 0 Å². The van der Waals surface area contributed by atoms with E-state index in [0.717, 1.165) is 0 Å². The number of nitrogens with one attached hydrogen (secondary N) is 2. The maximum Gasteiger partial charge on any atom is 0.261 e. The molecule has 0 spiro atoms. The van der Waals surface area contributed by atoms with Gasteiger partial charge in [0, 0.05) is 23.5 Å². The highest BCUT2D eigenvalue weighted by atomic mass is 32.2. The second-order valence-corrected chi connectivity index (χ2v) is 7.37. The molecule has 1 aromatic heterocycles. The molecule has 0 aliphatic rings. The summed E-state index contributed by atoms with van der Waals surface area (Å²) in [7, 11) is -3.70. The number of sulfonamides is 1. The average molecular weight is 328 g/mol. The number of anilines is 1. The van der Waals surface area contributed by atoms with E-state index in [0.29, 0.717) is 11.3 Å². The number of thiophene rings is 1. The molecule has 0 unspecified atom stereocenters. The Morgan fingerprint density at radius 2 is 2.05 bits per heavy atom. The molecule has 0 atom stereocenters. The molecule has 0 bridgehead atoms. The minimum atomic E-state index is -3.70. The zero-order valence-corrected chi connectivity index (χ0v) is 13.4. The van der Waals surface area contributed by atoms with E-state index in [-0.39, 0.29) is 17.5 Å². The zero-order chi connectivity index (χ0) is 15.5. The molecule has 1 aromatic carbocycles. The quantitative estimate of drug-likeness (QED) is 0.856. The Kier molecular flexibility index (Phi) is 4.97. The van der Waals surface area contributed by atoms with Crippen LogP contribution in [0.2, 0.25) is 0 Å². The smallest absolute Gasteiger partial charge is 0.261 e. The zero-order valence-electron chi connectivity index (χ0n) is 11.8.